The van der Waals surface area contributed by atoms with Crippen molar-refractivity contribution in [3.8, 4) is 0 Å². The summed E-state index contributed by atoms with van der Waals surface area (Å²) in [4.78, 5) is 20.3. The molecule has 1 unspecified atom stereocenters. The first-order valence-electron chi connectivity index (χ1n) is 10.3. The number of carbonyl (C=O) groups excluding carboxylic acids is 1. The summed E-state index contributed by atoms with van der Waals surface area (Å²) < 4.78 is 0. The van der Waals surface area contributed by atoms with E-state index in [0.29, 0.717) is 18.2 Å². The number of carbonyl (C=O) groups is 1. The highest BCUT2D eigenvalue weighted by Gasteiger charge is 2.24. The Morgan fingerprint density at radius 1 is 1.32 bits per heavy atom. The van der Waals surface area contributed by atoms with Gasteiger partial charge in [-0.05, 0) is 67.6 Å². The normalized spacial score (nSPS) is 16.1. The number of nitrogens with zero attached hydrogens (tertiary/aromatic N) is 1. The summed E-state index contributed by atoms with van der Waals surface area (Å²) in [7, 11) is 0. The standard InChI is InChI=1S/C23H28N4O/c1-2-3-12-25-21-8-4-7-18-19-13-17(9-10-20(19)27-22(18)21)23(28)26-15-16-6-5-11-24-14-16/h5-6,9-11,13-14,21,25,27H,2-4,7-8,12,15H2,1H3,(H,26,28). The van der Waals surface area contributed by atoms with Crippen LogP contribution in [0.5, 0.6) is 0 Å². The molecule has 4 rings (SSSR count). The number of aryl methyl sites for hydroxylation is 1. The number of aromatic amines is 1. The summed E-state index contributed by atoms with van der Waals surface area (Å²) >= 11 is 0. The predicted molar refractivity (Wildman–Crippen MR) is 112 cm³/mol. The molecule has 28 heavy (non-hydrogen) atoms. The van der Waals surface area contributed by atoms with Crippen LogP contribution in [0, 0.1) is 0 Å². The van der Waals surface area contributed by atoms with Crippen LogP contribution in [0.4, 0.5) is 0 Å². The number of H-pyrrole nitrogens is 1. The maximum Gasteiger partial charge on any atom is 0.251 e. The molecular formula is C23H28N4O. The molecule has 0 aliphatic heterocycles. The van der Waals surface area contributed by atoms with Crippen LogP contribution in [0.15, 0.2) is 42.7 Å². The molecule has 3 aromatic rings. The first-order chi connectivity index (χ1) is 13.8. The van der Waals surface area contributed by atoms with Crippen molar-refractivity contribution in [2.24, 2.45) is 0 Å². The van der Waals surface area contributed by atoms with Gasteiger partial charge >= 0.3 is 0 Å². The minimum Gasteiger partial charge on any atom is -0.357 e. The van der Waals surface area contributed by atoms with E-state index < -0.39 is 0 Å². The van der Waals surface area contributed by atoms with Gasteiger partial charge < -0.3 is 15.6 Å². The number of fused-ring (bicyclic) bond motifs is 3. The fourth-order valence-electron chi connectivity index (χ4n) is 4.05. The van der Waals surface area contributed by atoms with Crippen LogP contribution in [0.25, 0.3) is 10.9 Å². The van der Waals surface area contributed by atoms with Crippen molar-refractivity contribution < 1.29 is 4.79 Å². The van der Waals surface area contributed by atoms with Gasteiger partial charge in [-0.2, -0.15) is 0 Å². The summed E-state index contributed by atoms with van der Waals surface area (Å²) in [6.07, 6.45) is 9.34. The number of hydrogen-bond donors (Lipinski definition) is 3. The van der Waals surface area contributed by atoms with Crippen LogP contribution in [0.1, 0.15) is 65.8 Å². The SMILES string of the molecule is CCCCNC1CCCc2c1[nH]c1ccc(C(=O)NCc3cccnc3)cc21. The van der Waals surface area contributed by atoms with E-state index in [1.165, 1.54) is 42.3 Å². The Morgan fingerprint density at radius 3 is 3.07 bits per heavy atom. The first kappa shape index (κ1) is 18.7. The summed E-state index contributed by atoms with van der Waals surface area (Å²) in [5.41, 5.74) is 5.51. The lowest BCUT2D eigenvalue weighted by Crippen LogP contribution is -2.26. The Labute approximate surface area is 166 Å². The molecule has 2 heterocycles. The predicted octanol–water partition coefficient (Wildman–Crippen LogP) is 4.26. The Kier molecular flexibility index (Phi) is 5.72. The number of benzene rings is 1. The zero-order valence-corrected chi connectivity index (χ0v) is 16.4. The van der Waals surface area contributed by atoms with Gasteiger partial charge in [-0.15, -0.1) is 0 Å². The van der Waals surface area contributed by atoms with Gasteiger partial charge in [-0.25, -0.2) is 0 Å². The molecule has 5 nitrogen and oxygen atoms in total. The molecule has 1 aromatic carbocycles. The highest BCUT2D eigenvalue weighted by molar-refractivity contribution is 5.99. The van der Waals surface area contributed by atoms with E-state index in [-0.39, 0.29) is 5.91 Å². The molecule has 0 radical (unpaired) electrons. The quantitative estimate of drug-likeness (QED) is 0.540. The Balaban J connectivity index is 1.53. The fraction of sp³-hybridized carbons (Fsp3) is 0.391. The Bertz CT molecular complexity index is 948. The monoisotopic (exact) mass is 376 g/mol. The maximum atomic E-state index is 12.6. The molecule has 146 valence electrons. The van der Waals surface area contributed by atoms with Crippen molar-refractivity contribution in [1.82, 2.24) is 20.6 Å². The van der Waals surface area contributed by atoms with Gasteiger partial charge in [0.2, 0.25) is 0 Å². The number of amides is 1. The maximum absolute atomic E-state index is 12.6. The van der Waals surface area contributed by atoms with E-state index in [9.17, 15) is 4.79 Å². The van der Waals surface area contributed by atoms with Crippen LogP contribution in [-0.2, 0) is 13.0 Å². The van der Waals surface area contributed by atoms with E-state index in [2.05, 4.69) is 27.5 Å². The Morgan fingerprint density at radius 2 is 2.25 bits per heavy atom. The van der Waals surface area contributed by atoms with Gasteiger partial charge in [-0.1, -0.05) is 19.4 Å². The van der Waals surface area contributed by atoms with Crippen LogP contribution >= 0.6 is 0 Å². The summed E-state index contributed by atoms with van der Waals surface area (Å²) in [6, 6.07) is 10.2. The van der Waals surface area contributed by atoms with Crippen LogP contribution < -0.4 is 10.6 Å². The average molecular weight is 377 g/mol. The second kappa shape index (κ2) is 8.57. The number of hydrogen-bond acceptors (Lipinski definition) is 3. The van der Waals surface area contributed by atoms with Crippen LogP contribution in [0.2, 0.25) is 0 Å². The number of aromatic nitrogens is 2. The summed E-state index contributed by atoms with van der Waals surface area (Å²) in [5.74, 6) is -0.0471. The molecule has 0 saturated carbocycles. The van der Waals surface area contributed by atoms with Crippen molar-refractivity contribution in [2.75, 3.05) is 6.54 Å². The average Bonchev–Trinajstić information content (AvgIpc) is 3.12. The highest BCUT2D eigenvalue weighted by Crippen LogP contribution is 2.35. The Hall–Kier alpha value is -2.66. The van der Waals surface area contributed by atoms with Gasteiger partial charge in [0.05, 0.1) is 0 Å². The minimum atomic E-state index is -0.0471. The van der Waals surface area contributed by atoms with Crippen molar-refractivity contribution in [3.05, 3.63) is 65.1 Å². The second-order valence-electron chi connectivity index (χ2n) is 7.57. The lowest BCUT2D eigenvalue weighted by molar-refractivity contribution is 0.0951. The van der Waals surface area contributed by atoms with E-state index in [0.717, 1.165) is 24.0 Å². The zero-order chi connectivity index (χ0) is 19.3. The lowest BCUT2D eigenvalue weighted by Gasteiger charge is -2.24. The number of unbranched alkanes of at least 4 members (excludes halogenated alkanes) is 1. The molecule has 0 saturated heterocycles. The smallest absolute Gasteiger partial charge is 0.251 e. The van der Waals surface area contributed by atoms with E-state index in [4.69, 9.17) is 0 Å². The van der Waals surface area contributed by atoms with E-state index >= 15 is 0 Å². The lowest BCUT2D eigenvalue weighted by atomic mass is 9.91. The molecule has 1 aliphatic carbocycles. The summed E-state index contributed by atoms with van der Waals surface area (Å²) in [6.45, 7) is 3.76. The molecule has 0 fully saturated rings. The van der Waals surface area contributed by atoms with Crippen molar-refractivity contribution in [1.29, 1.82) is 0 Å². The van der Waals surface area contributed by atoms with Gasteiger partial charge in [0, 0.05) is 47.1 Å². The van der Waals surface area contributed by atoms with Gasteiger partial charge in [-0.3, -0.25) is 9.78 Å². The summed E-state index contributed by atoms with van der Waals surface area (Å²) in [5, 5.41) is 7.88. The van der Waals surface area contributed by atoms with Gasteiger partial charge in [0.15, 0.2) is 0 Å². The second-order valence-corrected chi connectivity index (χ2v) is 7.57. The molecule has 2 aromatic heterocycles. The highest BCUT2D eigenvalue weighted by atomic mass is 16.1. The first-order valence-corrected chi connectivity index (χ1v) is 10.3. The van der Waals surface area contributed by atoms with Crippen molar-refractivity contribution in [3.63, 3.8) is 0 Å². The molecule has 0 spiro atoms. The third-order valence-corrected chi connectivity index (χ3v) is 5.57. The van der Waals surface area contributed by atoms with E-state index in [1.807, 2.05) is 30.3 Å². The number of nitrogens with one attached hydrogen (secondary N) is 3. The van der Waals surface area contributed by atoms with Crippen LogP contribution in [0.3, 0.4) is 0 Å². The molecule has 1 amide bonds. The molecule has 1 aliphatic rings. The molecule has 5 heteroatoms. The topological polar surface area (TPSA) is 69.8 Å². The number of rotatable bonds is 7. The molecule has 0 bridgehead atoms. The van der Waals surface area contributed by atoms with E-state index in [1.54, 1.807) is 12.4 Å². The van der Waals surface area contributed by atoms with Gasteiger partial charge in [0.1, 0.15) is 0 Å². The minimum absolute atomic E-state index is 0.0471. The third-order valence-electron chi connectivity index (χ3n) is 5.57. The zero-order valence-electron chi connectivity index (χ0n) is 16.4. The largest absolute Gasteiger partial charge is 0.357 e. The molecule has 1 atom stereocenters. The van der Waals surface area contributed by atoms with Crippen molar-refractivity contribution >= 4 is 16.8 Å². The van der Waals surface area contributed by atoms with Crippen molar-refractivity contribution in [2.45, 2.75) is 51.6 Å². The molecular weight excluding hydrogens is 348 g/mol. The molecule has 3 N–H and O–H groups in total. The van der Waals surface area contributed by atoms with Crippen LogP contribution in [-0.4, -0.2) is 22.4 Å². The third kappa shape index (κ3) is 3.94. The fourth-order valence-corrected chi connectivity index (χ4v) is 4.05. The number of pyridine rings is 1. The van der Waals surface area contributed by atoms with Gasteiger partial charge in [0.25, 0.3) is 5.91 Å².